The normalized spacial score (nSPS) is 16.2. The molecule has 2 aliphatic rings. The number of aryl methyl sites for hydroxylation is 1. The first-order chi connectivity index (χ1) is 33.4. The van der Waals surface area contributed by atoms with Crippen molar-refractivity contribution >= 4 is 28.2 Å². The number of carbonyl (C=O) groups is 1. The van der Waals surface area contributed by atoms with Crippen molar-refractivity contribution in [1.29, 1.82) is 0 Å². The number of halogens is 1. The Hall–Kier alpha value is -4.66. The molecule has 388 valence electrons. The zero-order valence-electron chi connectivity index (χ0n) is 48.0. The SMILES string of the molecule is CC(C)C.CC(C)C12CCC(CC1=O)C2(C)C.CC(C)Cc1ccccc1.CC(C)c1ccc(Cl)cc1.CC(C)c1cccc2ccccc12.COc1ccc(C(C)C)cc1.Cc1ccc(C(C)C)cc1. The lowest BCUT2D eigenvalue weighted by molar-refractivity contribution is -0.132. The Morgan fingerprint density at radius 2 is 1.01 bits per heavy atom. The number of hydrogen-bond donors (Lipinski definition) is 0. The molecule has 0 radical (unpaired) electrons. The number of methoxy groups -OCH3 is 1. The third-order valence-electron chi connectivity index (χ3n) is 14.0. The summed E-state index contributed by atoms with van der Waals surface area (Å²) in [5.41, 5.74) is 8.62. The zero-order chi connectivity index (χ0) is 53.5. The standard InChI is InChI=1S/C13H14.C12H20O.C10H14O.2C10H14.C9H11Cl.C4H10/c1-10(2)12-9-5-7-11-6-3-4-8-13(11)12;1-8(2)12-6-5-9(7-10(12)13)11(12,3)4;1-8(2)9-4-6-10(11-3)7-5-9;1-8(2)10-6-4-9(3)5-7-10;1-9(2)8-10-6-4-3-5-7-10;1-7(2)8-3-5-9(10)6-4-8;1-4(2)3/h3-10H,1-2H3;8-9H,5-7H2,1-4H3;4-8H,1-3H3;4-8H,1-3H3;3-7,9H,8H2,1-2H3;3-7H,1-2H3;4H,1-3H3. The predicted octanol–water partition coefficient (Wildman–Crippen LogP) is 20.9. The van der Waals surface area contributed by atoms with E-state index in [4.69, 9.17) is 16.3 Å². The van der Waals surface area contributed by atoms with E-state index in [0.717, 1.165) is 35.4 Å². The molecule has 2 bridgehead atoms. The minimum Gasteiger partial charge on any atom is -0.497 e. The summed E-state index contributed by atoms with van der Waals surface area (Å²) in [4.78, 5) is 12.0. The molecule has 0 spiro atoms. The molecule has 71 heavy (non-hydrogen) atoms. The number of benzene rings is 6. The first kappa shape index (κ1) is 62.5. The Morgan fingerprint density at radius 3 is 1.41 bits per heavy atom. The summed E-state index contributed by atoms with van der Waals surface area (Å²) in [5.74, 6) is 6.70. The van der Waals surface area contributed by atoms with E-state index in [0.29, 0.717) is 41.3 Å². The van der Waals surface area contributed by atoms with Crippen molar-refractivity contribution in [2.75, 3.05) is 7.11 Å². The average Bonchev–Trinajstić information content (AvgIpc) is 3.70. The fourth-order valence-electron chi connectivity index (χ4n) is 9.69. The number of ketones is 1. The topological polar surface area (TPSA) is 26.3 Å². The zero-order valence-corrected chi connectivity index (χ0v) is 48.8. The fraction of sp³-hybridized carbons (Fsp3) is 0.485. The fourth-order valence-corrected chi connectivity index (χ4v) is 9.82. The number of carbonyl (C=O) groups excluding carboxylic acids is 1. The highest BCUT2D eigenvalue weighted by Crippen LogP contribution is 2.66. The molecule has 2 saturated carbocycles. The van der Waals surface area contributed by atoms with Crippen LogP contribution in [0.3, 0.4) is 0 Å². The summed E-state index contributed by atoms with van der Waals surface area (Å²) >= 11 is 5.72. The van der Waals surface area contributed by atoms with Gasteiger partial charge in [0.2, 0.25) is 0 Å². The molecular weight excluding hydrogens is 884 g/mol. The van der Waals surface area contributed by atoms with Gasteiger partial charge >= 0.3 is 0 Å². The van der Waals surface area contributed by atoms with Gasteiger partial charge < -0.3 is 4.74 Å². The van der Waals surface area contributed by atoms with Gasteiger partial charge in [-0.25, -0.2) is 0 Å². The van der Waals surface area contributed by atoms with E-state index in [-0.39, 0.29) is 10.8 Å². The third kappa shape index (κ3) is 20.4. The van der Waals surface area contributed by atoms with Gasteiger partial charge in [0.25, 0.3) is 0 Å². The van der Waals surface area contributed by atoms with Crippen LogP contribution < -0.4 is 4.74 Å². The van der Waals surface area contributed by atoms with Crippen molar-refractivity contribution in [3.05, 3.63) is 184 Å². The van der Waals surface area contributed by atoms with Gasteiger partial charge in [0, 0.05) is 16.9 Å². The van der Waals surface area contributed by atoms with Gasteiger partial charge in [0.1, 0.15) is 11.5 Å². The molecule has 8 rings (SSSR count). The van der Waals surface area contributed by atoms with Gasteiger partial charge in [-0.3, -0.25) is 4.79 Å². The number of fused-ring (bicyclic) bond motifs is 3. The van der Waals surface area contributed by atoms with Crippen LogP contribution in [0, 0.1) is 41.4 Å². The van der Waals surface area contributed by atoms with Crippen LogP contribution in [0.25, 0.3) is 10.8 Å². The van der Waals surface area contributed by atoms with Crippen molar-refractivity contribution < 1.29 is 9.53 Å². The lowest BCUT2D eigenvalue weighted by Crippen LogP contribution is -2.40. The van der Waals surface area contributed by atoms with E-state index in [9.17, 15) is 4.79 Å². The van der Waals surface area contributed by atoms with Crippen LogP contribution >= 0.6 is 11.6 Å². The van der Waals surface area contributed by atoms with Crippen LogP contribution in [0.15, 0.2) is 146 Å². The molecule has 2 nitrogen and oxygen atoms in total. The molecule has 0 aromatic heterocycles. The van der Waals surface area contributed by atoms with E-state index >= 15 is 0 Å². The Morgan fingerprint density at radius 1 is 0.563 bits per heavy atom. The van der Waals surface area contributed by atoms with E-state index in [1.165, 1.54) is 57.0 Å². The summed E-state index contributed by atoms with van der Waals surface area (Å²) < 4.78 is 5.05. The van der Waals surface area contributed by atoms with Crippen LogP contribution in [0.1, 0.15) is 194 Å². The van der Waals surface area contributed by atoms with E-state index in [2.05, 4.69) is 246 Å². The molecule has 0 heterocycles. The largest absolute Gasteiger partial charge is 0.497 e. The van der Waals surface area contributed by atoms with Crippen molar-refractivity contribution in [3.8, 4) is 5.75 Å². The molecule has 2 fully saturated rings. The van der Waals surface area contributed by atoms with Crippen molar-refractivity contribution in [2.45, 2.75) is 174 Å². The maximum Gasteiger partial charge on any atom is 0.140 e. The van der Waals surface area contributed by atoms with E-state index in [1.54, 1.807) is 7.11 Å². The Bertz CT molecular complexity index is 2290. The van der Waals surface area contributed by atoms with Crippen molar-refractivity contribution in [2.24, 2.45) is 34.5 Å². The molecule has 0 N–H and O–H groups in total. The van der Waals surface area contributed by atoms with Crippen LogP contribution in [0.5, 0.6) is 5.75 Å². The minimum absolute atomic E-state index is 0.0255. The maximum absolute atomic E-state index is 12.0. The number of Topliss-reactive ketones (excluding diaryl/α,β-unsaturated/α-hetero) is 1. The van der Waals surface area contributed by atoms with E-state index in [1.807, 2.05) is 24.3 Å². The molecule has 2 aliphatic carbocycles. The molecule has 6 aromatic carbocycles. The van der Waals surface area contributed by atoms with Crippen LogP contribution in [-0.2, 0) is 11.2 Å². The lowest BCUT2D eigenvalue weighted by Gasteiger charge is -2.40. The summed E-state index contributed by atoms with van der Waals surface area (Å²) in [6, 6.07) is 50.6. The summed E-state index contributed by atoms with van der Waals surface area (Å²) in [5, 5.41) is 3.54. The van der Waals surface area contributed by atoms with Gasteiger partial charge in [-0.05, 0) is 142 Å². The highest BCUT2D eigenvalue weighted by atomic mass is 35.5. The number of hydrogen-bond acceptors (Lipinski definition) is 2. The van der Waals surface area contributed by atoms with Crippen LogP contribution in [-0.4, -0.2) is 12.9 Å². The molecule has 6 aromatic rings. The molecular formula is C68H97ClO2. The second-order valence-corrected chi connectivity index (χ2v) is 23.4. The average molecular weight is 982 g/mol. The molecule has 3 heteroatoms. The Kier molecular flexibility index (Phi) is 27.3. The monoisotopic (exact) mass is 981 g/mol. The summed E-state index contributed by atoms with van der Waals surface area (Å²) in [6.07, 6.45) is 4.46. The Labute approximate surface area is 440 Å². The second kappa shape index (κ2) is 31.0. The van der Waals surface area contributed by atoms with Crippen molar-refractivity contribution in [1.82, 2.24) is 0 Å². The molecule has 0 saturated heterocycles. The molecule has 2 atom stereocenters. The third-order valence-corrected chi connectivity index (χ3v) is 14.2. The highest BCUT2D eigenvalue weighted by Gasteiger charge is 2.65. The smallest absolute Gasteiger partial charge is 0.140 e. The number of ether oxygens (including phenoxy) is 1. The van der Waals surface area contributed by atoms with E-state index < -0.39 is 0 Å². The highest BCUT2D eigenvalue weighted by molar-refractivity contribution is 6.30. The van der Waals surface area contributed by atoms with Crippen LogP contribution in [0.2, 0.25) is 5.02 Å². The first-order valence-electron chi connectivity index (χ1n) is 26.9. The van der Waals surface area contributed by atoms with Crippen LogP contribution in [0.4, 0.5) is 0 Å². The van der Waals surface area contributed by atoms with Gasteiger partial charge in [0.15, 0.2) is 0 Å². The molecule has 0 aliphatic heterocycles. The summed E-state index contributed by atoms with van der Waals surface area (Å²) in [6.45, 7) is 39.7. The van der Waals surface area contributed by atoms with Gasteiger partial charge in [-0.1, -0.05) is 256 Å². The Balaban J connectivity index is 0.000000289. The summed E-state index contributed by atoms with van der Waals surface area (Å²) in [7, 11) is 1.68. The van der Waals surface area contributed by atoms with Gasteiger partial charge in [-0.15, -0.1) is 0 Å². The van der Waals surface area contributed by atoms with Crippen molar-refractivity contribution in [3.63, 3.8) is 0 Å². The second-order valence-electron chi connectivity index (χ2n) is 22.9. The lowest BCUT2D eigenvalue weighted by atomic mass is 9.62. The number of rotatable bonds is 8. The van der Waals surface area contributed by atoms with Gasteiger partial charge in [0.05, 0.1) is 7.11 Å². The minimum atomic E-state index is 0.0255. The first-order valence-corrected chi connectivity index (χ1v) is 27.3. The maximum atomic E-state index is 12.0. The molecule has 2 unspecified atom stereocenters. The quantitative estimate of drug-likeness (QED) is 0.152. The predicted molar refractivity (Wildman–Crippen MR) is 315 cm³/mol. The molecule has 0 amide bonds. The van der Waals surface area contributed by atoms with Gasteiger partial charge in [-0.2, -0.15) is 0 Å².